The Labute approximate surface area is 156 Å². The quantitative estimate of drug-likeness (QED) is 0.417. The number of amides is 1. The van der Waals surface area contributed by atoms with Crippen LogP contribution in [0.2, 0.25) is 0 Å². The molecule has 2 heterocycles. The van der Waals surface area contributed by atoms with Crippen molar-refractivity contribution in [3.63, 3.8) is 0 Å². The van der Waals surface area contributed by atoms with Gasteiger partial charge >= 0.3 is 0 Å². The van der Waals surface area contributed by atoms with E-state index in [1.165, 1.54) is 16.8 Å². The average molecular weight is 423 g/mol. The highest BCUT2D eigenvalue weighted by atomic mass is 79.9. The number of hydrogen-bond acceptors (Lipinski definition) is 6. The molecule has 0 spiro atoms. The summed E-state index contributed by atoms with van der Waals surface area (Å²) in [4.78, 5) is 12.9. The van der Waals surface area contributed by atoms with Crippen LogP contribution in [0.4, 0.5) is 0 Å². The van der Waals surface area contributed by atoms with Crippen LogP contribution in [-0.4, -0.2) is 28.6 Å². The van der Waals surface area contributed by atoms with Gasteiger partial charge < -0.3 is 9.15 Å². The minimum atomic E-state index is -0.273. The van der Waals surface area contributed by atoms with E-state index in [1.54, 1.807) is 37.8 Å². The number of methoxy groups -OCH3 is 1. The molecule has 0 saturated carbocycles. The van der Waals surface area contributed by atoms with Gasteiger partial charge in [0.15, 0.2) is 4.32 Å². The number of carbonyl (C=O) groups is 1. The molecule has 0 atom stereocenters. The molecule has 24 heavy (non-hydrogen) atoms. The third-order valence-electron chi connectivity index (χ3n) is 3.09. The van der Waals surface area contributed by atoms with E-state index in [0.717, 1.165) is 15.8 Å². The van der Waals surface area contributed by atoms with E-state index >= 15 is 0 Å². The number of hydrazone groups is 1. The van der Waals surface area contributed by atoms with Crippen molar-refractivity contribution in [2.75, 3.05) is 7.11 Å². The van der Waals surface area contributed by atoms with Crippen molar-refractivity contribution in [2.45, 2.75) is 0 Å². The number of halogens is 1. The zero-order chi connectivity index (χ0) is 17.1. The highest BCUT2D eigenvalue weighted by molar-refractivity contribution is 9.10. The zero-order valence-electron chi connectivity index (χ0n) is 12.4. The van der Waals surface area contributed by atoms with Crippen LogP contribution in [0, 0.1) is 0 Å². The van der Waals surface area contributed by atoms with Crippen molar-refractivity contribution in [3.8, 4) is 5.75 Å². The van der Waals surface area contributed by atoms with Gasteiger partial charge in [0.1, 0.15) is 11.5 Å². The summed E-state index contributed by atoms with van der Waals surface area (Å²) >= 11 is 9.83. The third kappa shape index (κ3) is 3.61. The predicted octanol–water partition coefficient (Wildman–Crippen LogP) is 4.29. The van der Waals surface area contributed by atoms with Crippen LogP contribution in [0.25, 0.3) is 6.08 Å². The van der Waals surface area contributed by atoms with Crippen LogP contribution >= 0.6 is 39.9 Å². The Morgan fingerprint density at radius 2 is 2.25 bits per heavy atom. The fourth-order valence-corrected chi connectivity index (χ4v) is 3.66. The number of hydrogen-bond donors (Lipinski definition) is 0. The molecule has 1 amide bonds. The largest absolute Gasteiger partial charge is 0.496 e. The first kappa shape index (κ1) is 16.9. The van der Waals surface area contributed by atoms with Gasteiger partial charge in [-0.15, -0.1) is 0 Å². The summed E-state index contributed by atoms with van der Waals surface area (Å²) in [5.41, 5.74) is 0.812. The van der Waals surface area contributed by atoms with Gasteiger partial charge in [-0.3, -0.25) is 4.79 Å². The van der Waals surface area contributed by atoms with E-state index < -0.39 is 0 Å². The standard InChI is InChI=1S/C16H11BrN2O3S2/c1-21-13-5-4-10(7-12(13)17)9-18-19-15(20)14(24-16(19)23)8-11-3-2-6-22-11/h2-9H,1H3/b14-8-,18-9+. The van der Waals surface area contributed by atoms with E-state index in [9.17, 15) is 4.79 Å². The van der Waals surface area contributed by atoms with E-state index in [-0.39, 0.29) is 5.91 Å². The second kappa shape index (κ2) is 7.33. The topological polar surface area (TPSA) is 55.0 Å². The summed E-state index contributed by atoms with van der Waals surface area (Å²) in [6.45, 7) is 0. The number of benzene rings is 1. The van der Waals surface area contributed by atoms with Gasteiger partial charge in [-0.05, 0) is 64.0 Å². The average Bonchev–Trinajstić information content (AvgIpc) is 3.15. The van der Waals surface area contributed by atoms with Crippen molar-refractivity contribution in [1.82, 2.24) is 5.01 Å². The second-order valence-corrected chi connectivity index (χ2v) is 7.18. The molecule has 0 unspecified atom stereocenters. The number of carbonyl (C=O) groups excluding carboxylic acids is 1. The predicted molar refractivity (Wildman–Crippen MR) is 102 cm³/mol. The van der Waals surface area contributed by atoms with E-state index in [0.29, 0.717) is 15.0 Å². The van der Waals surface area contributed by atoms with Crippen LogP contribution in [-0.2, 0) is 4.79 Å². The van der Waals surface area contributed by atoms with E-state index in [2.05, 4.69) is 21.0 Å². The molecule has 0 N–H and O–H groups in total. The van der Waals surface area contributed by atoms with Crippen LogP contribution in [0.1, 0.15) is 11.3 Å². The van der Waals surface area contributed by atoms with Gasteiger partial charge in [-0.25, -0.2) is 0 Å². The highest BCUT2D eigenvalue weighted by Gasteiger charge is 2.32. The normalized spacial score (nSPS) is 16.6. The lowest BCUT2D eigenvalue weighted by Gasteiger charge is -2.07. The molecule has 122 valence electrons. The minimum Gasteiger partial charge on any atom is -0.496 e. The first-order valence-corrected chi connectivity index (χ1v) is 8.79. The molecule has 2 aromatic rings. The summed E-state index contributed by atoms with van der Waals surface area (Å²) in [7, 11) is 1.60. The summed E-state index contributed by atoms with van der Waals surface area (Å²) in [5.74, 6) is 1.04. The number of furan rings is 1. The van der Waals surface area contributed by atoms with Gasteiger partial charge in [-0.1, -0.05) is 11.8 Å². The van der Waals surface area contributed by atoms with Gasteiger partial charge in [-0.2, -0.15) is 10.1 Å². The third-order valence-corrected chi connectivity index (χ3v) is 4.99. The zero-order valence-corrected chi connectivity index (χ0v) is 15.7. The minimum absolute atomic E-state index is 0.273. The smallest absolute Gasteiger partial charge is 0.286 e. The van der Waals surface area contributed by atoms with E-state index in [1.807, 2.05) is 18.2 Å². The molecule has 8 heteroatoms. The maximum atomic E-state index is 12.4. The molecule has 1 fully saturated rings. The van der Waals surface area contributed by atoms with Gasteiger partial charge in [0, 0.05) is 6.08 Å². The molecule has 0 aliphatic carbocycles. The Bertz CT molecular complexity index is 847. The number of thioether (sulfide) groups is 1. The molecule has 3 rings (SSSR count). The molecule has 1 aliphatic rings. The number of rotatable bonds is 4. The Kier molecular flexibility index (Phi) is 5.17. The number of ether oxygens (including phenoxy) is 1. The Morgan fingerprint density at radius 3 is 2.92 bits per heavy atom. The summed E-state index contributed by atoms with van der Waals surface area (Å²) in [5, 5.41) is 5.40. The molecule has 0 bridgehead atoms. The van der Waals surface area contributed by atoms with Crippen molar-refractivity contribution in [2.24, 2.45) is 5.10 Å². The van der Waals surface area contributed by atoms with Crippen LogP contribution in [0.3, 0.4) is 0 Å². The van der Waals surface area contributed by atoms with Crippen LogP contribution in [0.5, 0.6) is 5.75 Å². The lowest BCUT2D eigenvalue weighted by atomic mass is 10.2. The Morgan fingerprint density at radius 1 is 1.42 bits per heavy atom. The fourth-order valence-electron chi connectivity index (χ4n) is 1.95. The molecule has 0 radical (unpaired) electrons. The van der Waals surface area contributed by atoms with Crippen molar-refractivity contribution < 1.29 is 13.9 Å². The molecule has 1 aromatic carbocycles. The lowest BCUT2D eigenvalue weighted by Crippen LogP contribution is -2.22. The highest BCUT2D eigenvalue weighted by Crippen LogP contribution is 2.33. The maximum absolute atomic E-state index is 12.4. The molecular weight excluding hydrogens is 412 g/mol. The molecule has 5 nitrogen and oxygen atoms in total. The van der Waals surface area contributed by atoms with Crippen molar-refractivity contribution in [1.29, 1.82) is 0 Å². The van der Waals surface area contributed by atoms with Gasteiger partial charge in [0.05, 0.1) is 29.0 Å². The van der Waals surface area contributed by atoms with Gasteiger partial charge in [0.2, 0.25) is 0 Å². The molecule has 1 aromatic heterocycles. The Balaban J connectivity index is 1.79. The summed E-state index contributed by atoms with van der Waals surface area (Å²) in [6.07, 6.45) is 4.77. The number of nitrogens with zero attached hydrogens (tertiary/aromatic N) is 2. The second-order valence-electron chi connectivity index (χ2n) is 4.65. The summed E-state index contributed by atoms with van der Waals surface area (Å²) in [6, 6.07) is 9.02. The van der Waals surface area contributed by atoms with Crippen molar-refractivity contribution >= 4 is 62.4 Å². The monoisotopic (exact) mass is 422 g/mol. The van der Waals surface area contributed by atoms with Crippen LogP contribution in [0.15, 0.2) is 55.5 Å². The van der Waals surface area contributed by atoms with Crippen molar-refractivity contribution in [3.05, 3.63) is 57.3 Å². The van der Waals surface area contributed by atoms with Crippen LogP contribution < -0.4 is 4.74 Å². The first-order valence-electron chi connectivity index (χ1n) is 6.77. The molecule has 1 saturated heterocycles. The molecular formula is C16H11BrN2O3S2. The summed E-state index contributed by atoms with van der Waals surface area (Å²) < 4.78 is 11.6. The Hall–Kier alpha value is -1.90. The lowest BCUT2D eigenvalue weighted by molar-refractivity contribution is -0.122. The van der Waals surface area contributed by atoms with Gasteiger partial charge in [0.25, 0.3) is 5.91 Å². The first-order chi connectivity index (χ1) is 11.6. The fraction of sp³-hybridized carbons (Fsp3) is 0.0625. The van der Waals surface area contributed by atoms with E-state index in [4.69, 9.17) is 21.4 Å². The number of thiocarbonyl (C=S) groups is 1. The SMILES string of the molecule is COc1ccc(/C=N/N2C(=O)/C(=C/c3ccco3)SC2=S)cc1Br. The molecule has 1 aliphatic heterocycles. The maximum Gasteiger partial charge on any atom is 0.286 e.